The molecule has 0 radical (unpaired) electrons. The Hall–Kier alpha value is -1.55. The number of hydrogen-bond donors (Lipinski definition) is 1. The van der Waals surface area contributed by atoms with E-state index in [1.54, 1.807) is 12.1 Å². The smallest absolute Gasteiger partial charge is 0.338 e. The second-order valence-corrected chi connectivity index (χ2v) is 5.12. The van der Waals surface area contributed by atoms with Gasteiger partial charge < -0.3 is 14.7 Å². The highest BCUT2D eigenvalue weighted by molar-refractivity contribution is 5.89. The molecule has 0 aliphatic carbocycles. The molecule has 1 aromatic rings. The molecule has 0 saturated carbocycles. The summed E-state index contributed by atoms with van der Waals surface area (Å²) in [7, 11) is 0. The largest absolute Gasteiger partial charge is 0.508 e. The van der Waals surface area contributed by atoms with Crippen molar-refractivity contribution in [3.05, 3.63) is 29.8 Å². The Kier molecular flexibility index (Phi) is 6.52. The number of carbonyl (C=O) groups is 1. The molecule has 0 unspecified atom stereocenters. The zero-order chi connectivity index (χ0) is 15.1. The first kappa shape index (κ1) is 16.5. The molecule has 1 aromatic carbocycles. The molecule has 0 amide bonds. The van der Waals surface area contributed by atoms with Crippen LogP contribution in [-0.4, -0.2) is 41.7 Å². The maximum Gasteiger partial charge on any atom is 0.338 e. The fraction of sp³-hybridized carbons (Fsp3) is 0.562. The summed E-state index contributed by atoms with van der Waals surface area (Å²) < 4.78 is 5.48. The van der Waals surface area contributed by atoms with Gasteiger partial charge in [-0.1, -0.05) is 20.8 Å². The highest BCUT2D eigenvalue weighted by atomic mass is 16.5. The summed E-state index contributed by atoms with van der Waals surface area (Å²) in [5.74, 6) is 0.0735. The van der Waals surface area contributed by atoms with E-state index in [-0.39, 0.29) is 23.7 Å². The maximum atomic E-state index is 12.0. The van der Waals surface area contributed by atoms with E-state index < -0.39 is 0 Å². The molecule has 4 nitrogen and oxygen atoms in total. The van der Waals surface area contributed by atoms with Gasteiger partial charge in [0, 0.05) is 12.5 Å². The molecular weight excluding hydrogens is 254 g/mol. The van der Waals surface area contributed by atoms with Crippen molar-refractivity contribution in [2.75, 3.05) is 19.6 Å². The van der Waals surface area contributed by atoms with Crippen LogP contribution in [0.2, 0.25) is 0 Å². The first-order valence-corrected chi connectivity index (χ1v) is 7.20. The number of ether oxygens (including phenoxy) is 1. The monoisotopic (exact) mass is 279 g/mol. The van der Waals surface area contributed by atoms with Crippen LogP contribution in [0.25, 0.3) is 0 Å². The van der Waals surface area contributed by atoms with Gasteiger partial charge in [0.05, 0.1) is 5.56 Å². The topological polar surface area (TPSA) is 49.8 Å². The lowest BCUT2D eigenvalue weighted by molar-refractivity contribution is 0.0172. The van der Waals surface area contributed by atoms with Crippen LogP contribution in [0.1, 0.15) is 38.1 Å². The molecule has 1 N–H and O–H groups in total. The number of rotatable bonds is 7. The average Bonchev–Trinajstić information content (AvgIpc) is 2.44. The van der Waals surface area contributed by atoms with E-state index >= 15 is 0 Å². The average molecular weight is 279 g/mol. The summed E-state index contributed by atoms with van der Waals surface area (Å²) >= 11 is 0. The number of hydrogen-bond acceptors (Lipinski definition) is 4. The standard InChI is InChI=1S/C16H25NO3/c1-5-17(6-2)11-12(3)13(4)20-16(19)14-7-9-15(18)10-8-14/h7-10,12-13,18H,5-6,11H2,1-4H3/t12-,13-/m1/s1. The van der Waals surface area contributed by atoms with Crippen LogP contribution in [0.3, 0.4) is 0 Å². The predicted molar refractivity (Wildman–Crippen MR) is 79.9 cm³/mol. The van der Waals surface area contributed by atoms with Crippen molar-refractivity contribution in [2.24, 2.45) is 5.92 Å². The minimum Gasteiger partial charge on any atom is -0.508 e. The summed E-state index contributed by atoms with van der Waals surface area (Å²) in [6.45, 7) is 11.2. The molecule has 0 aliphatic heterocycles. The Bertz CT molecular complexity index is 412. The van der Waals surface area contributed by atoms with Crippen molar-refractivity contribution < 1.29 is 14.6 Å². The van der Waals surface area contributed by atoms with Crippen molar-refractivity contribution in [3.8, 4) is 5.75 Å². The lowest BCUT2D eigenvalue weighted by atomic mass is 10.1. The second kappa shape index (κ2) is 7.90. The van der Waals surface area contributed by atoms with Gasteiger partial charge in [-0.15, -0.1) is 0 Å². The molecule has 112 valence electrons. The van der Waals surface area contributed by atoms with Crippen molar-refractivity contribution in [1.82, 2.24) is 4.90 Å². The van der Waals surface area contributed by atoms with Crippen LogP contribution >= 0.6 is 0 Å². The Balaban J connectivity index is 2.54. The SMILES string of the molecule is CCN(CC)C[C@@H](C)[C@@H](C)OC(=O)c1ccc(O)cc1. The molecule has 0 spiro atoms. The van der Waals surface area contributed by atoms with Crippen molar-refractivity contribution in [1.29, 1.82) is 0 Å². The normalized spacial score (nSPS) is 14.1. The second-order valence-electron chi connectivity index (χ2n) is 5.12. The zero-order valence-corrected chi connectivity index (χ0v) is 12.8. The highest BCUT2D eigenvalue weighted by Gasteiger charge is 2.19. The van der Waals surface area contributed by atoms with Crippen LogP contribution < -0.4 is 0 Å². The molecule has 0 saturated heterocycles. The minimum atomic E-state index is -0.344. The van der Waals surface area contributed by atoms with Crippen LogP contribution in [-0.2, 0) is 4.74 Å². The van der Waals surface area contributed by atoms with E-state index in [1.807, 2.05) is 6.92 Å². The molecule has 0 fully saturated rings. The number of esters is 1. The molecule has 4 heteroatoms. The fourth-order valence-electron chi connectivity index (χ4n) is 1.99. The Morgan fingerprint density at radius 2 is 1.75 bits per heavy atom. The van der Waals surface area contributed by atoms with E-state index in [9.17, 15) is 9.90 Å². The summed E-state index contributed by atoms with van der Waals surface area (Å²) in [5.41, 5.74) is 0.463. The molecule has 0 bridgehead atoms. The van der Waals surface area contributed by atoms with Gasteiger partial charge in [0.1, 0.15) is 11.9 Å². The lowest BCUT2D eigenvalue weighted by Gasteiger charge is -2.26. The third-order valence-electron chi connectivity index (χ3n) is 3.64. The first-order valence-electron chi connectivity index (χ1n) is 7.20. The first-order chi connectivity index (χ1) is 9.47. The summed E-state index contributed by atoms with van der Waals surface area (Å²) in [4.78, 5) is 14.3. The number of carbonyl (C=O) groups excluding carboxylic acids is 1. The van der Waals surface area contributed by atoms with Gasteiger partial charge >= 0.3 is 5.97 Å². The summed E-state index contributed by atoms with van der Waals surface area (Å²) in [5, 5.41) is 9.20. The molecule has 20 heavy (non-hydrogen) atoms. The van der Waals surface area contributed by atoms with Gasteiger partial charge in [0.15, 0.2) is 0 Å². The number of aromatic hydroxyl groups is 1. The third-order valence-corrected chi connectivity index (χ3v) is 3.64. The Morgan fingerprint density at radius 1 is 1.20 bits per heavy atom. The van der Waals surface area contributed by atoms with E-state index in [1.165, 1.54) is 12.1 Å². The van der Waals surface area contributed by atoms with E-state index in [0.717, 1.165) is 19.6 Å². The molecule has 1 rings (SSSR count). The van der Waals surface area contributed by atoms with Gasteiger partial charge in [-0.25, -0.2) is 4.79 Å². The van der Waals surface area contributed by atoms with Crippen LogP contribution in [0, 0.1) is 5.92 Å². The van der Waals surface area contributed by atoms with Crippen molar-refractivity contribution >= 4 is 5.97 Å². The van der Waals surface area contributed by atoms with Crippen molar-refractivity contribution in [2.45, 2.75) is 33.8 Å². The fourth-order valence-corrected chi connectivity index (χ4v) is 1.99. The van der Waals surface area contributed by atoms with Crippen molar-refractivity contribution in [3.63, 3.8) is 0 Å². The van der Waals surface area contributed by atoms with Gasteiger partial charge in [0.25, 0.3) is 0 Å². The van der Waals surface area contributed by atoms with Crippen LogP contribution in [0.15, 0.2) is 24.3 Å². The van der Waals surface area contributed by atoms with Gasteiger partial charge in [-0.2, -0.15) is 0 Å². The lowest BCUT2D eigenvalue weighted by Crippen LogP contribution is -2.34. The summed E-state index contributed by atoms with van der Waals surface area (Å²) in [6.07, 6.45) is -0.142. The molecular formula is C16H25NO3. The third kappa shape index (κ3) is 4.85. The molecule has 2 atom stereocenters. The van der Waals surface area contributed by atoms with E-state index in [2.05, 4.69) is 25.7 Å². The predicted octanol–water partition coefficient (Wildman–Crippen LogP) is 2.92. The Morgan fingerprint density at radius 3 is 2.25 bits per heavy atom. The maximum absolute atomic E-state index is 12.0. The number of benzene rings is 1. The van der Waals surface area contributed by atoms with Crippen LogP contribution in [0.5, 0.6) is 5.75 Å². The molecule has 0 heterocycles. The van der Waals surface area contributed by atoms with Gasteiger partial charge in [0.2, 0.25) is 0 Å². The molecule has 0 aliphatic rings. The van der Waals surface area contributed by atoms with Gasteiger partial charge in [-0.3, -0.25) is 0 Å². The summed E-state index contributed by atoms with van der Waals surface area (Å²) in [6, 6.07) is 6.11. The number of phenols is 1. The zero-order valence-electron chi connectivity index (χ0n) is 12.8. The number of nitrogens with zero attached hydrogens (tertiary/aromatic N) is 1. The van der Waals surface area contributed by atoms with Crippen LogP contribution in [0.4, 0.5) is 0 Å². The Labute approximate surface area is 121 Å². The minimum absolute atomic E-state index is 0.142. The van der Waals surface area contributed by atoms with E-state index in [4.69, 9.17) is 4.74 Å². The van der Waals surface area contributed by atoms with E-state index in [0.29, 0.717) is 5.56 Å². The quantitative estimate of drug-likeness (QED) is 0.780. The number of phenolic OH excluding ortho intramolecular Hbond substituents is 1. The van der Waals surface area contributed by atoms with Gasteiger partial charge in [-0.05, 0) is 44.3 Å². The highest BCUT2D eigenvalue weighted by Crippen LogP contribution is 2.14. The molecule has 0 aromatic heterocycles.